The predicted molar refractivity (Wildman–Crippen MR) is 300 cm³/mol. The standard InChI is InChI=1S/C31H47NO5.C26H46O2.C7H6ClNO2.Na.H/c1-5-21-25-16-19(33)8-12-31(25,4)24-9-13-30(3)22(6-7-23(30)27(24)28(21)34)18(2)11-15-37-20-10-14-32-26(17-20)29(35)36;1-6-18-22-15-16(2)9-12-26(22,5)21-10-13-25(4)19(17(3)11-14-27)7-8-20(25)23(21)24(18)28;1-11-7(10)6-4-5(8)2-3-9-6;;/h10,14,17-19,21-25,27-28,33-34H,5-9,11-13,15-16H2,1-4H3,(H,35,36);16-24,27-28H,6-15H2,1-5H3;2-4H,1H3;;/q;;;+1;-1/t18-,19-,21-,22-,23+,24+,25+,27+,28-,30-,31-;16-,17-,18-,19-,20+,21+,22+,23+,24-,25-,26-;;;/m11.../s1. The first kappa shape index (κ1) is 62.8. The van der Waals surface area contributed by atoms with Gasteiger partial charge in [-0.3, -0.25) is 0 Å². The minimum absolute atomic E-state index is 0. The van der Waals surface area contributed by atoms with Crippen molar-refractivity contribution in [3.8, 4) is 5.75 Å². The van der Waals surface area contributed by atoms with E-state index in [1.165, 1.54) is 102 Å². The number of aliphatic hydroxyl groups excluding tert-OH is 4. The summed E-state index contributed by atoms with van der Waals surface area (Å²) >= 11 is 5.60. The largest absolute Gasteiger partial charge is 1.00 e. The van der Waals surface area contributed by atoms with Crippen molar-refractivity contribution < 1.29 is 75.6 Å². The zero-order chi connectivity index (χ0) is 55.1. The normalized spacial score (nSPS) is 42.2. The maximum atomic E-state index is 11.9. The third-order valence-electron chi connectivity index (χ3n) is 24.1. The molecule has 0 saturated heterocycles. The van der Waals surface area contributed by atoms with Gasteiger partial charge in [0.1, 0.15) is 11.4 Å². The van der Waals surface area contributed by atoms with Crippen molar-refractivity contribution in [1.82, 2.24) is 9.97 Å². The van der Waals surface area contributed by atoms with E-state index in [0.29, 0.717) is 99.9 Å². The number of aromatic carboxylic acids is 1. The minimum Gasteiger partial charge on any atom is -1.00 e. The third-order valence-corrected chi connectivity index (χ3v) is 24.3. The summed E-state index contributed by atoms with van der Waals surface area (Å²) in [6, 6.07) is 6.26. The molecule has 8 aliphatic rings. The molecule has 22 atom stereocenters. The maximum Gasteiger partial charge on any atom is 1.00 e. The Kier molecular flexibility index (Phi) is 21.0. The number of halogens is 1. The first-order chi connectivity index (χ1) is 36.1. The van der Waals surface area contributed by atoms with Gasteiger partial charge >= 0.3 is 41.5 Å². The number of aliphatic hydroxyl groups is 4. The van der Waals surface area contributed by atoms with Crippen molar-refractivity contribution in [2.45, 2.75) is 196 Å². The topological polar surface area (TPSA) is 180 Å². The number of carbonyl (C=O) groups excluding carboxylic acids is 1. The molecule has 10 rings (SSSR count). The number of pyridine rings is 2. The molecule has 0 radical (unpaired) electrons. The Labute approximate surface area is 491 Å². The number of carbonyl (C=O) groups is 2. The van der Waals surface area contributed by atoms with Crippen LogP contribution in [-0.4, -0.2) is 86.1 Å². The van der Waals surface area contributed by atoms with Crippen molar-refractivity contribution in [3.63, 3.8) is 0 Å². The second kappa shape index (κ2) is 25.8. The summed E-state index contributed by atoms with van der Waals surface area (Å²) < 4.78 is 10.4. The molecule has 428 valence electrons. The molecule has 0 aromatic carbocycles. The minimum atomic E-state index is -1.04. The number of fused-ring (bicyclic) bond motifs is 10. The van der Waals surface area contributed by atoms with Crippen molar-refractivity contribution in [1.29, 1.82) is 0 Å². The molecule has 0 aliphatic heterocycles. The summed E-state index contributed by atoms with van der Waals surface area (Å²) in [7, 11) is 1.30. The number of nitrogens with zero attached hydrogens (tertiary/aromatic N) is 2. The molecule has 0 amide bonds. The zero-order valence-corrected chi connectivity index (χ0v) is 51.9. The Morgan fingerprint density at radius 1 is 0.688 bits per heavy atom. The van der Waals surface area contributed by atoms with E-state index >= 15 is 0 Å². The second-order valence-electron chi connectivity index (χ2n) is 27.3. The van der Waals surface area contributed by atoms with Gasteiger partial charge in [-0.2, -0.15) is 0 Å². The smallest absolute Gasteiger partial charge is 1.00 e. The summed E-state index contributed by atoms with van der Waals surface area (Å²) in [5.41, 5.74) is 1.54. The van der Waals surface area contributed by atoms with E-state index in [-0.39, 0.29) is 71.5 Å². The van der Waals surface area contributed by atoms with Crippen LogP contribution >= 0.6 is 11.6 Å². The SMILES string of the molecule is CC[C@H]1[C@@H](O)[C@@H]2[C@H](CC[C@]3(C)[C@@H]([C@H](C)CCO)CC[C@@H]23)[C@@]2(C)CC[C@@H](C)C[C@@H]12.CC[C@H]1[C@@H](O)[C@@H]2[C@H](CC[C@]3(C)[C@@H]([C@H](C)CCOc4ccnc(C(=O)O)c4)CC[C@@H]23)[C@@]2(C)CC[C@@H](O)C[C@@H]12.COC(=O)c1cc(Cl)ccn1.[H-].[Na+]. The molecule has 13 heteroatoms. The van der Waals surface area contributed by atoms with E-state index in [4.69, 9.17) is 16.3 Å². The Bertz CT molecular complexity index is 2300. The summed E-state index contributed by atoms with van der Waals surface area (Å²) in [4.78, 5) is 29.7. The predicted octanol–water partition coefficient (Wildman–Crippen LogP) is 10.4. The van der Waals surface area contributed by atoms with E-state index in [9.17, 15) is 35.1 Å². The summed E-state index contributed by atoms with van der Waals surface area (Å²) in [5, 5.41) is 53.3. The van der Waals surface area contributed by atoms with Crippen LogP contribution in [-0.2, 0) is 4.74 Å². The fraction of sp³-hybridized carbons (Fsp3) is 0.812. The third kappa shape index (κ3) is 12.0. The monoisotopic (exact) mass is 1100 g/mol. The molecule has 0 spiro atoms. The van der Waals surface area contributed by atoms with Gasteiger partial charge in [-0.15, -0.1) is 0 Å². The molecular formula is C64H100ClN2NaO9. The van der Waals surface area contributed by atoms with Crippen molar-refractivity contribution in [2.75, 3.05) is 20.3 Å². The van der Waals surface area contributed by atoms with E-state index in [1.807, 2.05) is 0 Å². The quantitative estimate of drug-likeness (QED) is 0.101. The Morgan fingerprint density at radius 2 is 1.18 bits per heavy atom. The Hall–Kier alpha value is -1.83. The number of rotatable bonds is 12. The van der Waals surface area contributed by atoms with Gasteiger partial charge in [0.15, 0.2) is 5.69 Å². The van der Waals surface area contributed by atoms with E-state index < -0.39 is 11.9 Å². The van der Waals surface area contributed by atoms with Gasteiger partial charge in [0.2, 0.25) is 0 Å². The number of carboxylic acid groups (broad SMARTS) is 1. The van der Waals surface area contributed by atoms with Crippen LogP contribution in [0.4, 0.5) is 0 Å². The van der Waals surface area contributed by atoms with Gasteiger partial charge < -0.3 is 36.4 Å². The molecule has 2 aromatic rings. The second-order valence-corrected chi connectivity index (χ2v) is 27.8. The number of carboxylic acids is 1. The molecule has 8 aliphatic carbocycles. The molecule has 11 nitrogen and oxygen atoms in total. The number of hydrogen-bond donors (Lipinski definition) is 5. The molecule has 0 bridgehead atoms. The van der Waals surface area contributed by atoms with Crippen LogP contribution in [0.3, 0.4) is 0 Å². The Balaban J connectivity index is 0.000000212. The van der Waals surface area contributed by atoms with Crippen LogP contribution in [0.5, 0.6) is 5.75 Å². The first-order valence-electron chi connectivity index (χ1n) is 30.3. The van der Waals surface area contributed by atoms with E-state index in [1.54, 1.807) is 12.1 Å². The van der Waals surface area contributed by atoms with E-state index in [2.05, 4.69) is 77.0 Å². The number of methoxy groups -OCH3 is 1. The summed E-state index contributed by atoms with van der Waals surface area (Å²) in [5.74, 6) is 7.73. The van der Waals surface area contributed by atoms with Crippen LogP contribution in [0, 0.1) is 110 Å². The van der Waals surface area contributed by atoms with Gasteiger partial charge in [-0.05, 0) is 225 Å². The number of esters is 1. The number of hydrogen-bond acceptors (Lipinski definition) is 10. The summed E-state index contributed by atoms with van der Waals surface area (Å²) in [6.07, 6.45) is 23.5. The van der Waals surface area contributed by atoms with Crippen molar-refractivity contribution in [3.05, 3.63) is 53.1 Å². The molecule has 77 heavy (non-hydrogen) atoms. The van der Waals surface area contributed by atoms with Gasteiger partial charge in [0.25, 0.3) is 0 Å². The average Bonchev–Trinajstić information content (AvgIpc) is 3.94. The van der Waals surface area contributed by atoms with Gasteiger partial charge in [-0.25, -0.2) is 19.6 Å². The van der Waals surface area contributed by atoms with Crippen LogP contribution in [0.25, 0.3) is 0 Å². The van der Waals surface area contributed by atoms with Crippen LogP contribution in [0.15, 0.2) is 36.7 Å². The van der Waals surface area contributed by atoms with Gasteiger partial charge in [-0.1, -0.05) is 93.2 Å². The number of aromatic nitrogens is 2. The molecule has 5 N–H and O–H groups in total. The number of ether oxygens (including phenoxy) is 2. The molecular weight excluding hydrogens is 999 g/mol. The van der Waals surface area contributed by atoms with E-state index in [0.717, 1.165) is 68.6 Å². The molecule has 8 fully saturated rings. The summed E-state index contributed by atoms with van der Waals surface area (Å²) in [6.45, 7) is 22.8. The first-order valence-corrected chi connectivity index (χ1v) is 30.7. The van der Waals surface area contributed by atoms with Crippen molar-refractivity contribution >= 4 is 23.5 Å². The fourth-order valence-corrected chi connectivity index (χ4v) is 20.5. The zero-order valence-electron chi connectivity index (χ0n) is 50.1. The average molecular weight is 1100 g/mol. The molecule has 0 unspecified atom stereocenters. The Morgan fingerprint density at radius 3 is 1.70 bits per heavy atom. The molecule has 8 saturated carbocycles. The van der Waals surface area contributed by atoms with Crippen LogP contribution in [0.1, 0.15) is 200 Å². The van der Waals surface area contributed by atoms with Crippen molar-refractivity contribution in [2.24, 2.45) is 110 Å². The molecule has 2 heterocycles. The molecule has 2 aromatic heterocycles. The fourth-order valence-electron chi connectivity index (χ4n) is 20.3. The maximum absolute atomic E-state index is 11.9. The van der Waals surface area contributed by atoms with Gasteiger partial charge in [0.05, 0.1) is 32.0 Å². The van der Waals surface area contributed by atoms with Crippen LogP contribution < -0.4 is 34.3 Å². The van der Waals surface area contributed by atoms with Gasteiger partial charge in [0, 0.05) is 30.1 Å². The van der Waals surface area contributed by atoms with Crippen LogP contribution in [0.2, 0.25) is 5.02 Å².